The van der Waals surface area contributed by atoms with Crippen LogP contribution < -0.4 is 5.32 Å². The Balaban J connectivity index is 0.00000288. The van der Waals surface area contributed by atoms with Gasteiger partial charge < -0.3 is 15.0 Å². The first-order valence-corrected chi connectivity index (χ1v) is 8.62. The van der Waals surface area contributed by atoms with Gasteiger partial charge in [0, 0.05) is 58.0 Å². The number of hydrogen-bond acceptors (Lipinski definition) is 3. The van der Waals surface area contributed by atoms with Gasteiger partial charge in [-0.2, -0.15) is 5.10 Å². The monoisotopic (exact) mass is 449 g/mol. The summed E-state index contributed by atoms with van der Waals surface area (Å²) in [4.78, 5) is 6.79. The molecular weight excluding hydrogens is 417 g/mol. The summed E-state index contributed by atoms with van der Waals surface area (Å²) in [5.74, 6) is 1.59. The molecule has 2 heterocycles. The van der Waals surface area contributed by atoms with Crippen molar-refractivity contribution in [3.63, 3.8) is 0 Å². The fourth-order valence-corrected chi connectivity index (χ4v) is 3.49. The van der Waals surface area contributed by atoms with E-state index in [-0.39, 0.29) is 24.0 Å². The van der Waals surface area contributed by atoms with Gasteiger partial charge in [-0.25, -0.2) is 0 Å². The zero-order valence-electron chi connectivity index (χ0n) is 15.6. The highest BCUT2D eigenvalue weighted by molar-refractivity contribution is 14.0. The van der Waals surface area contributed by atoms with E-state index < -0.39 is 0 Å². The van der Waals surface area contributed by atoms with Gasteiger partial charge in [-0.15, -0.1) is 24.0 Å². The molecule has 1 aromatic heterocycles. The van der Waals surface area contributed by atoms with E-state index in [1.165, 1.54) is 23.4 Å². The minimum atomic E-state index is 0. The quantitative estimate of drug-likeness (QED) is 0.411. The molecule has 0 amide bonds. The van der Waals surface area contributed by atoms with Crippen LogP contribution in [0.5, 0.6) is 0 Å². The topological polar surface area (TPSA) is 54.7 Å². The van der Waals surface area contributed by atoms with Gasteiger partial charge in [0.25, 0.3) is 0 Å². The lowest BCUT2D eigenvalue weighted by Crippen LogP contribution is -2.40. The summed E-state index contributed by atoms with van der Waals surface area (Å²) < 4.78 is 7.30. The van der Waals surface area contributed by atoms with Crippen LogP contribution in [0.25, 0.3) is 0 Å². The molecule has 1 aliphatic rings. The van der Waals surface area contributed by atoms with Crippen LogP contribution in [0, 0.1) is 5.92 Å². The van der Waals surface area contributed by atoms with Gasteiger partial charge in [-0.05, 0) is 19.3 Å². The van der Waals surface area contributed by atoms with E-state index in [0.717, 1.165) is 45.0 Å². The molecule has 1 fully saturated rings. The number of guanidine groups is 1. The average molecular weight is 449 g/mol. The molecule has 0 radical (unpaired) electrons. The molecule has 1 aromatic rings. The number of likely N-dealkylation sites (tertiary alicyclic amines) is 1. The third kappa shape index (κ3) is 4.84. The lowest BCUT2D eigenvalue weighted by molar-refractivity contribution is 0.157. The lowest BCUT2D eigenvalue weighted by Gasteiger charge is -2.22. The van der Waals surface area contributed by atoms with Gasteiger partial charge >= 0.3 is 0 Å². The minimum Gasteiger partial charge on any atom is -0.384 e. The van der Waals surface area contributed by atoms with Crippen LogP contribution in [0.4, 0.5) is 0 Å². The molecule has 0 saturated carbocycles. The van der Waals surface area contributed by atoms with E-state index in [9.17, 15) is 0 Å². The third-order valence-corrected chi connectivity index (χ3v) is 4.65. The van der Waals surface area contributed by atoms with Crippen molar-refractivity contribution in [2.24, 2.45) is 18.0 Å². The summed E-state index contributed by atoms with van der Waals surface area (Å²) in [6.07, 6.45) is 3.13. The number of aryl methyl sites for hydroxylation is 2. The summed E-state index contributed by atoms with van der Waals surface area (Å²) in [5.41, 5.74) is 3.82. The number of nitrogens with one attached hydrogen (secondary N) is 1. The normalized spacial score (nSPS) is 18.0. The molecule has 0 bridgehead atoms. The van der Waals surface area contributed by atoms with E-state index in [2.05, 4.69) is 34.2 Å². The smallest absolute Gasteiger partial charge is 0.193 e. The van der Waals surface area contributed by atoms with Gasteiger partial charge in [0.1, 0.15) is 0 Å². The van der Waals surface area contributed by atoms with Crippen molar-refractivity contribution in [3.8, 4) is 0 Å². The number of methoxy groups -OCH3 is 1. The second kappa shape index (κ2) is 10.2. The lowest BCUT2D eigenvalue weighted by atomic mass is 10.1. The van der Waals surface area contributed by atoms with Crippen LogP contribution in [0.15, 0.2) is 4.99 Å². The molecule has 0 aromatic carbocycles. The van der Waals surface area contributed by atoms with Crippen LogP contribution in [0.3, 0.4) is 0 Å². The average Bonchev–Trinajstić information content (AvgIpc) is 3.12. The van der Waals surface area contributed by atoms with Crippen molar-refractivity contribution in [1.29, 1.82) is 0 Å². The summed E-state index contributed by atoms with van der Waals surface area (Å²) >= 11 is 0. The van der Waals surface area contributed by atoms with E-state index in [4.69, 9.17) is 4.74 Å². The third-order valence-electron chi connectivity index (χ3n) is 4.65. The number of rotatable bonds is 6. The van der Waals surface area contributed by atoms with Crippen molar-refractivity contribution >= 4 is 29.9 Å². The molecule has 1 aliphatic heterocycles. The summed E-state index contributed by atoms with van der Waals surface area (Å²) in [5, 5.41) is 8.18. The predicted molar refractivity (Wildman–Crippen MR) is 109 cm³/mol. The zero-order chi connectivity index (χ0) is 16.8. The highest BCUT2D eigenvalue weighted by atomic mass is 127. The summed E-state index contributed by atoms with van der Waals surface area (Å²) in [7, 11) is 5.67. The molecular formula is C17H32IN5O. The summed E-state index contributed by atoms with van der Waals surface area (Å²) in [6.45, 7) is 8.03. The van der Waals surface area contributed by atoms with Gasteiger partial charge in [0.15, 0.2) is 5.96 Å². The highest BCUT2D eigenvalue weighted by Gasteiger charge is 2.25. The minimum absolute atomic E-state index is 0. The molecule has 0 aliphatic carbocycles. The fraction of sp³-hybridized carbons (Fsp3) is 0.765. The first kappa shape index (κ1) is 21.2. The summed E-state index contributed by atoms with van der Waals surface area (Å²) in [6, 6.07) is 0. The molecule has 1 N–H and O–H groups in total. The van der Waals surface area contributed by atoms with E-state index >= 15 is 0 Å². The fourth-order valence-electron chi connectivity index (χ4n) is 3.49. The Bertz CT molecular complexity index is 543. The first-order valence-electron chi connectivity index (χ1n) is 8.62. The van der Waals surface area contributed by atoms with Gasteiger partial charge in [0.2, 0.25) is 0 Å². The Morgan fingerprint density at radius 3 is 2.71 bits per heavy atom. The molecule has 7 heteroatoms. The molecule has 138 valence electrons. The highest BCUT2D eigenvalue weighted by Crippen LogP contribution is 2.18. The molecule has 1 saturated heterocycles. The van der Waals surface area contributed by atoms with E-state index in [1.807, 2.05) is 18.8 Å². The van der Waals surface area contributed by atoms with Crippen molar-refractivity contribution in [2.75, 3.05) is 33.9 Å². The second-order valence-electron chi connectivity index (χ2n) is 6.16. The van der Waals surface area contributed by atoms with Crippen LogP contribution in [0.1, 0.15) is 37.2 Å². The van der Waals surface area contributed by atoms with Crippen LogP contribution in [-0.2, 0) is 31.2 Å². The largest absolute Gasteiger partial charge is 0.384 e. The zero-order valence-corrected chi connectivity index (χ0v) is 18.0. The number of aromatic nitrogens is 2. The van der Waals surface area contributed by atoms with Crippen molar-refractivity contribution in [2.45, 2.75) is 39.7 Å². The Morgan fingerprint density at radius 1 is 1.38 bits per heavy atom. The van der Waals surface area contributed by atoms with Gasteiger partial charge in [0.05, 0.1) is 12.3 Å². The maximum atomic E-state index is 5.28. The van der Waals surface area contributed by atoms with Crippen LogP contribution >= 0.6 is 24.0 Å². The number of ether oxygens (including phenoxy) is 1. The molecule has 24 heavy (non-hydrogen) atoms. The van der Waals surface area contributed by atoms with Crippen molar-refractivity contribution in [3.05, 3.63) is 17.0 Å². The number of aliphatic imine (C=N–C) groups is 1. The van der Waals surface area contributed by atoms with Gasteiger partial charge in [-0.1, -0.05) is 13.8 Å². The Kier molecular flexibility index (Phi) is 9.04. The Hall–Kier alpha value is -0.830. The molecule has 6 nitrogen and oxygen atoms in total. The van der Waals surface area contributed by atoms with E-state index in [0.29, 0.717) is 5.92 Å². The maximum Gasteiger partial charge on any atom is 0.193 e. The number of hydrogen-bond donors (Lipinski definition) is 1. The number of nitrogens with zero attached hydrogens (tertiary/aromatic N) is 4. The standard InChI is InChI=1S/C17H31N5O.HI/c1-6-15-14(16(7-2)21(4)20-15)10-19-17(18-3)22-9-8-13(11-22)12-23-5;/h13H,6-12H2,1-5H3,(H,18,19);1H. The molecule has 2 rings (SSSR count). The number of halogens is 1. The molecule has 1 unspecified atom stereocenters. The SMILES string of the molecule is CCc1nn(C)c(CC)c1CNC(=NC)N1CCC(COC)C1.I. The second-order valence-corrected chi connectivity index (χ2v) is 6.16. The van der Waals surface area contributed by atoms with Gasteiger partial charge in [-0.3, -0.25) is 9.67 Å². The molecule has 1 atom stereocenters. The Labute approximate surface area is 163 Å². The molecule has 0 spiro atoms. The van der Waals surface area contributed by atoms with Crippen LogP contribution in [0.2, 0.25) is 0 Å². The van der Waals surface area contributed by atoms with Crippen molar-refractivity contribution < 1.29 is 4.74 Å². The Morgan fingerprint density at radius 2 is 2.12 bits per heavy atom. The van der Waals surface area contributed by atoms with E-state index in [1.54, 1.807) is 7.11 Å². The van der Waals surface area contributed by atoms with Crippen molar-refractivity contribution in [1.82, 2.24) is 20.0 Å². The van der Waals surface area contributed by atoms with Crippen LogP contribution in [-0.4, -0.2) is 54.5 Å². The first-order chi connectivity index (χ1) is 11.1. The predicted octanol–water partition coefficient (Wildman–Crippen LogP) is 2.21. The maximum absolute atomic E-state index is 5.28.